The number of benzene rings is 2. The van der Waals surface area contributed by atoms with Gasteiger partial charge in [0.05, 0.1) is 17.5 Å². The van der Waals surface area contributed by atoms with Gasteiger partial charge in [0.1, 0.15) is 0 Å². The van der Waals surface area contributed by atoms with E-state index in [2.05, 4.69) is 17.1 Å². The summed E-state index contributed by atoms with van der Waals surface area (Å²) in [5.41, 5.74) is 0.487. The molecular formula is C26H30N4O5. The number of hydrogen-bond acceptors (Lipinski definition) is 6. The van der Waals surface area contributed by atoms with Gasteiger partial charge in [0.15, 0.2) is 5.41 Å². The molecule has 4 amide bonds. The molecule has 184 valence electrons. The van der Waals surface area contributed by atoms with Crippen molar-refractivity contribution in [2.75, 3.05) is 11.4 Å². The third-order valence-corrected chi connectivity index (χ3v) is 6.99. The Kier molecular flexibility index (Phi) is 6.86. The number of nitrogens with zero attached hydrogens (tertiary/aromatic N) is 3. The number of nitrogens with one attached hydrogen (secondary N) is 1. The normalized spacial score (nSPS) is 21.8. The molecular weight excluding hydrogens is 448 g/mol. The second kappa shape index (κ2) is 9.85. The molecule has 2 atom stereocenters. The van der Waals surface area contributed by atoms with Crippen LogP contribution < -0.4 is 10.2 Å². The number of rotatable bonds is 8. The van der Waals surface area contributed by atoms with E-state index in [0.29, 0.717) is 18.5 Å². The molecule has 2 aliphatic rings. The van der Waals surface area contributed by atoms with E-state index in [-0.39, 0.29) is 18.7 Å². The van der Waals surface area contributed by atoms with Crippen molar-refractivity contribution in [3.05, 3.63) is 69.8 Å². The van der Waals surface area contributed by atoms with Crippen molar-refractivity contribution in [1.82, 2.24) is 10.2 Å². The summed E-state index contributed by atoms with van der Waals surface area (Å²) in [6.07, 6.45) is 3.02. The number of hydrogen-bond donors (Lipinski definition) is 1. The highest BCUT2D eigenvalue weighted by atomic mass is 16.6. The number of non-ortho nitro benzene ring substituents is 1. The van der Waals surface area contributed by atoms with Crippen molar-refractivity contribution in [1.29, 1.82) is 0 Å². The summed E-state index contributed by atoms with van der Waals surface area (Å²) in [6, 6.07) is 12.6. The van der Waals surface area contributed by atoms with Gasteiger partial charge in [0.25, 0.3) is 5.69 Å². The molecule has 2 unspecified atom stereocenters. The minimum Gasteiger partial charge on any atom is -0.367 e. The predicted octanol–water partition coefficient (Wildman–Crippen LogP) is 4.19. The van der Waals surface area contributed by atoms with Gasteiger partial charge in [0, 0.05) is 30.8 Å². The molecule has 2 aromatic carbocycles. The van der Waals surface area contributed by atoms with Crippen LogP contribution in [0.1, 0.15) is 50.7 Å². The molecule has 0 aromatic heterocycles. The Balaban J connectivity index is 1.85. The number of carbonyl (C=O) groups is 3. The Morgan fingerprint density at radius 3 is 2.49 bits per heavy atom. The molecule has 0 bridgehead atoms. The predicted molar refractivity (Wildman–Crippen MR) is 131 cm³/mol. The van der Waals surface area contributed by atoms with Crippen molar-refractivity contribution in [3.63, 3.8) is 0 Å². The molecule has 0 saturated carbocycles. The summed E-state index contributed by atoms with van der Waals surface area (Å²) in [5, 5.41) is 13.9. The fourth-order valence-corrected chi connectivity index (χ4v) is 5.31. The molecule has 2 aromatic rings. The zero-order valence-corrected chi connectivity index (χ0v) is 20.0. The highest BCUT2D eigenvalue weighted by Crippen LogP contribution is 2.47. The van der Waals surface area contributed by atoms with Crippen molar-refractivity contribution in [2.45, 2.75) is 58.5 Å². The number of imide groups is 2. The summed E-state index contributed by atoms with van der Waals surface area (Å²) in [4.78, 5) is 54.7. The van der Waals surface area contributed by atoms with Crippen LogP contribution in [0.5, 0.6) is 0 Å². The lowest BCUT2D eigenvalue weighted by atomic mass is 9.67. The van der Waals surface area contributed by atoms with E-state index in [0.717, 1.165) is 35.4 Å². The lowest BCUT2D eigenvalue weighted by Crippen LogP contribution is -2.71. The molecule has 0 aliphatic carbocycles. The van der Waals surface area contributed by atoms with Crippen LogP contribution >= 0.6 is 0 Å². The molecule has 9 heteroatoms. The smallest absolute Gasteiger partial charge is 0.331 e. The van der Waals surface area contributed by atoms with E-state index in [1.54, 1.807) is 6.07 Å². The molecule has 0 radical (unpaired) electrons. The lowest BCUT2D eigenvalue weighted by Gasteiger charge is -2.52. The standard InChI is InChI=1S/C26H30N4O5/c1-3-5-14-28-21-13-12-20(30(34)35)15-19(21)16-26(22(28)9-4-2)23(31)27-25(33)29(24(26)32)17-18-10-7-6-8-11-18/h6-8,10-13,15,22H,3-5,9,14,16-17H2,1-2H3,(H,27,31,33). The van der Waals surface area contributed by atoms with Gasteiger partial charge >= 0.3 is 6.03 Å². The van der Waals surface area contributed by atoms with E-state index >= 15 is 0 Å². The van der Waals surface area contributed by atoms with Crippen LogP contribution in [0.15, 0.2) is 48.5 Å². The van der Waals surface area contributed by atoms with Crippen molar-refractivity contribution < 1.29 is 19.3 Å². The summed E-state index contributed by atoms with van der Waals surface area (Å²) >= 11 is 0. The van der Waals surface area contributed by atoms with E-state index < -0.39 is 34.2 Å². The van der Waals surface area contributed by atoms with E-state index in [1.165, 1.54) is 12.1 Å². The van der Waals surface area contributed by atoms with Crippen molar-refractivity contribution >= 4 is 29.2 Å². The van der Waals surface area contributed by atoms with Gasteiger partial charge in [-0.1, -0.05) is 57.0 Å². The molecule has 1 saturated heterocycles. The van der Waals surface area contributed by atoms with Gasteiger partial charge in [-0.15, -0.1) is 0 Å². The van der Waals surface area contributed by atoms with Gasteiger partial charge in [-0.2, -0.15) is 0 Å². The Bertz CT molecular complexity index is 1150. The van der Waals surface area contributed by atoms with Gasteiger partial charge in [0.2, 0.25) is 11.8 Å². The number of unbranched alkanes of at least 4 members (excludes halogenated alkanes) is 1. The molecule has 1 spiro atoms. The Morgan fingerprint density at radius 1 is 1.09 bits per heavy atom. The van der Waals surface area contributed by atoms with Gasteiger partial charge in [-0.25, -0.2) is 4.79 Å². The molecule has 9 nitrogen and oxygen atoms in total. The second-order valence-electron chi connectivity index (χ2n) is 9.21. The van der Waals surface area contributed by atoms with Crippen LogP contribution in [-0.4, -0.2) is 40.3 Å². The van der Waals surface area contributed by atoms with Crippen molar-refractivity contribution in [2.24, 2.45) is 5.41 Å². The fourth-order valence-electron chi connectivity index (χ4n) is 5.31. The number of nitro benzene ring substituents is 1. The first kappa shape index (κ1) is 24.4. The minimum absolute atomic E-state index is 0.000537. The Hall–Kier alpha value is -3.75. The molecule has 4 rings (SSSR count). The number of fused-ring (bicyclic) bond motifs is 1. The zero-order valence-electron chi connectivity index (χ0n) is 20.0. The van der Waals surface area contributed by atoms with Crippen LogP contribution in [0.3, 0.4) is 0 Å². The topological polar surface area (TPSA) is 113 Å². The van der Waals surface area contributed by atoms with Crippen LogP contribution in [0.4, 0.5) is 16.2 Å². The van der Waals surface area contributed by atoms with Gasteiger partial charge < -0.3 is 4.90 Å². The lowest BCUT2D eigenvalue weighted by molar-refractivity contribution is -0.384. The van der Waals surface area contributed by atoms with Crippen LogP contribution in [-0.2, 0) is 22.6 Å². The van der Waals surface area contributed by atoms with E-state index in [4.69, 9.17) is 0 Å². The summed E-state index contributed by atoms with van der Waals surface area (Å²) in [7, 11) is 0. The van der Waals surface area contributed by atoms with Gasteiger partial charge in [-0.05, 0) is 30.0 Å². The number of carbonyl (C=O) groups excluding carboxylic acids is 3. The first-order chi connectivity index (χ1) is 16.8. The second-order valence-corrected chi connectivity index (χ2v) is 9.21. The van der Waals surface area contributed by atoms with E-state index in [9.17, 15) is 24.5 Å². The first-order valence-electron chi connectivity index (χ1n) is 12.1. The number of amides is 4. The monoisotopic (exact) mass is 478 g/mol. The SMILES string of the molecule is CCCCN1c2ccc([N+](=O)[O-])cc2CC2(C(=O)NC(=O)N(Cc3ccccc3)C2=O)C1CCC. The molecule has 1 fully saturated rings. The third kappa shape index (κ3) is 4.26. The molecule has 2 aliphatic heterocycles. The zero-order chi connectivity index (χ0) is 25.2. The Morgan fingerprint density at radius 2 is 1.83 bits per heavy atom. The summed E-state index contributed by atoms with van der Waals surface area (Å²) in [6.45, 7) is 4.69. The summed E-state index contributed by atoms with van der Waals surface area (Å²) < 4.78 is 0. The fraction of sp³-hybridized carbons (Fsp3) is 0.423. The quantitative estimate of drug-likeness (QED) is 0.346. The highest BCUT2D eigenvalue weighted by molar-refractivity contribution is 6.20. The number of urea groups is 1. The average molecular weight is 479 g/mol. The van der Waals surface area contributed by atoms with Crippen LogP contribution in [0.2, 0.25) is 0 Å². The maximum Gasteiger partial charge on any atom is 0.331 e. The molecule has 2 heterocycles. The molecule has 1 N–H and O–H groups in total. The van der Waals surface area contributed by atoms with E-state index in [1.807, 2.05) is 37.3 Å². The Labute approximate surface area is 204 Å². The first-order valence-corrected chi connectivity index (χ1v) is 12.1. The van der Waals surface area contributed by atoms with Crippen molar-refractivity contribution in [3.8, 4) is 0 Å². The maximum absolute atomic E-state index is 14.1. The number of anilines is 1. The number of nitro groups is 1. The van der Waals surface area contributed by atoms with Crippen LogP contribution in [0.25, 0.3) is 0 Å². The summed E-state index contributed by atoms with van der Waals surface area (Å²) in [5.74, 6) is -1.18. The highest BCUT2D eigenvalue weighted by Gasteiger charge is 2.61. The largest absolute Gasteiger partial charge is 0.367 e. The van der Waals surface area contributed by atoms with Gasteiger partial charge in [-0.3, -0.25) is 29.9 Å². The average Bonchev–Trinajstić information content (AvgIpc) is 2.85. The minimum atomic E-state index is -1.56. The number of barbiturate groups is 1. The third-order valence-electron chi connectivity index (χ3n) is 6.99. The van der Waals surface area contributed by atoms with Crippen LogP contribution in [0, 0.1) is 15.5 Å². The maximum atomic E-state index is 14.1. The molecule has 35 heavy (non-hydrogen) atoms.